The minimum atomic E-state index is -5.05. The maximum atomic E-state index is 11.3. The lowest BCUT2D eigenvalue weighted by molar-refractivity contribution is 0.170. The van der Waals surface area contributed by atoms with Crippen LogP contribution in [-0.2, 0) is 18.0 Å². The molecule has 2 atom stereocenters. The molecule has 0 rings (SSSR count). The Morgan fingerprint density at radius 1 is 1.04 bits per heavy atom. The van der Waals surface area contributed by atoms with Gasteiger partial charge in [-0.3, -0.25) is 4.52 Å². The average molecular weight is 384 g/mol. The monoisotopic (exact) mass is 384 g/mol. The summed E-state index contributed by atoms with van der Waals surface area (Å²) in [5, 5.41) is 0. The molecule has 0 amide bonds. The fourth-order valence-electron chi connectivity index (χ4n) is 1.98. The topological polar surface area (TPSA) is 113 Å². The summed E-state index contributed by atoms with van der Waals surface area (Å²) in [6, 6.07) is 0. The van der Waals surface area contributed by atoms with Crippen molar-refractivity contribution in [2.45, 2.75) is 59.8 Å². The van der Waals surface area contributed by atoms with Gasteiger partial charge in [0, 0.05) is 0 Å². The molecule has 0 saturated carbocycles. The Labute approximate surface area is 144 Å². The Hall–Kier alpha value is -0.260. The van der Waals surface area contributed by atoms with E-state index in [4.69, 9.17) is 14.7 Å². The van der Waals surface area contributed by atoms with E-state index < -0.39 is 15.6 Å². The molecule has 0 spiro atoms. The lowest BCUT2D eigenvalue weighted by Gasteiger charge is -2.14. The smallest absolute Gasteiger partial charge is 0.302 e. The van der Waals surface area contributed by atoms with Crippen molar-refractivity contribution in [2.75, 3.05) is 6.61 Å². The van der Waals surface area contributed by atoms with Crippen molar-refractivity contribution in [3.8, 4) is 0 Å². The van der Waals surface area contributed by atoms with Crippen LogP contribution in [0.15, 0.2) is 23.3 Å². The van der Waals surface area contributed by atoms with Crippen LogP contribution in [0.5, 0.6) is 0 Å². The fraction of sp³-hybridized carbons (Fsp3) is 0.733. The van der Waals surface area contributed by atoms with Gasteiger partial charge in [-0.2, -0.15) is 4.31 Å². The molecular weight excluding hydrogens is 354 g/mol. The Bertz CT molecular complexity index is 518. The van der Waals surface area contributed by atoms with Gasteiger partial charge in [-0.1, -0.05) is 30.2 Å². The second kappa shape index (κ2) is 11.4. The number of phosphoric ester groups is 1. The summed E-state index contributed by atoms with van der Waals surface area (Å²) < 4.78 is 30.0. The Morgan fingerprint density at radius 3 is 2.21 bits per heavy atom. The van der Waals surface area contributed by atoms with Gasteiger partial charge in [-0.15, -0.1) is 0 Å². The van der Waals surface area contributed by atoms with Gasteiger partial charge in [0.15, 0.2) is 0 Å². The molecule has 142 valence electrons. The molecule has 0 aliphatic carbocycles. The lowest BCUT2D eigenvalue weighted by atomic mass is 10.0. The van der Waals surface area contributed by atoms with Crippen LogP contribution >= 0.6 is 15.6 Å². The van der Waals surface area contributed by atoms with E-state index in [9.17, 15) is 9.13 Å². The fourth-order valence-corrected chi connectivity index (χ4v) is 3.58. The molecule has 0 aliphatic heterocycles. The first-order valence-corrected chi connectivity index (χ1v) is 11.0. The highest BCUT2D eigenvalue weighted by atomic mass is 31.3. The molecule has 0 aliphatic rings. The summed E-state index contributed by atoms with van der Waals surface area (Å²) in [5.74, 6) is 0.252. The molecule has 0 aromatic carbocycles. The van der Waals surface area contributed by atoms with Crippen LogP contribution in [-0.4, -0.2) is 21.3 Å². The number of allylic oxidation sites excluding steroid dienone is 4. The van der Waals surface area contributed by atoms with E-state index in [-0.39, 0.29) is 12.5 Å². The van der Waals surface area contributed by atoms with Crippen molar-refractivity contribution < 1.29 is 32.6 Å². The quantitative estimate of drug-likeness (QED) is 0.330. The van der Waals surface area contributed by atoms with Gasteiger partial charge in [0.05, 0.1) is 6.61 Å². The zero-order valence-corrected chi connectivity index (χ0v) is 16.6. The summed E-state index contributed by atoms with van der Waals surface area (Å²) in [6.45, 7) is 8.16. The first-order valence-electron chi connectivity index (χ1n) is 7.94. The van der Waals surface area contributed by atoms with E-state index >= 15 is 0 Å². The van der Waals surface area contributed by atoms with E-state index in [1.807, 2.05) is 6.92 Å². The summed E-state index contributed by atoms with van der Waals surface area (Å²) >= 11 is 0. The maximum Gasteiger partial charge on any atom is 0.481 e. The Kier molecular flexibility index (Phi) is 11.3. The molecule has 7 nitrogen and oxygen atoms in total. The molecule has 0 radical (unpaired) electrons. The second-order valence-corrected chi connectivity index (χ2v) is 9.05. The SMILES string of the molecule is CC(C)=CCC/C(C)=C/CCC(C)CCOP(=O)(O)OP(=O)(O)O. The molecule has 0 saturated heterocycles. The molecule has 0 bridgehead atoms. The first kappa shape index (κ1) is 23.7. The summed E-state index contributed by atoms with van der Waals surface area (Å²) in [6.07, 6.45) is 8.81. The standard InChI is InChI=1S/C15H30O7P2/c1-13(2)7-5-8-14(3)9-6-10-15(4)11-12-21-24(19,20)22-23(16,17)18/h7,9,15H,5-6,8,10-12H2,1-4H3,(H,19,20)(H2,16,17,18)/b14-9+. The molecular formula is C15H30O7P2. The van der Waals surface area contributed by atoms with Crippen LogP contribution in [0.1, 0.15) is 59.8 Å². The first-order chi connectivity index (χ1) is 10.9. The normalized spacial score (nSPS) is 16.5. The summed E-state index contributed by atoms with van der Waals surface area (Å²) in [4.78, 5) is 26.1. The molecule has 0 aromatic rings. The highest BCUT2D eigenvalue weighted by Gasteiger charge is 2.32. The Morgan fingerprint density at radius 2 is 1.67 bits per heavy atom. The van der Waals surface area contributed by atoms with Gasteiger partial charge < -0.3 is 14.7 Å². The highest BCUT2D eigenvalue weighted by Crippen LogP contribution is 2.57. The molecule has 0 fully saturated rings. The van der Waals surface area contributed by atoms with Gasteiger partial charge in [0.2, 0.25) is 0 Å². The van der Waals surface area contributed by atoms with E-state index in [0.29, 0.717) is 6.42 Å². The molecule has 0 aromatic heterocycles. The molecule has 2 unspecified atom stereocenters. The zero-order chi connectivity index (χ0) is 18.8. The Balaban J connectivity index is 3.98. The predicted octanol–water partition coefficient (Wildman–Crippen LogP) is 4.71. The largest absolute Gasteiger partial charge is 0.481 e. The van der Waals surface area contributed by atoms with Gasteiger partial charge in [-0.25, -0.2) is 9.13 Å². The van der Waals surface area contributed by atoms with Crippen molar-refractivity contribution in [2.24, 2.45) is 5.92 Å². The van der Waals surface area contributed by atoms with Crippen LogP contribution < -0.4 is 0 Å². The number of phosphoric acid groups is 2. The van der Waals surface area contributed by atoms with Crippen LogP contribution in [0.25, 0.3) is 0 Å². The van der Waals surface area contributed by atoms with Crippen LogP contribution in [0, 0.1) is 5.92 Å². The minimum Gasteiger partial charge on any atom is -0.302 e. The van der Waals surface area contributed by atoms with Crippen molar-refractivity contribution in [3.63, 3.8) is 0 Å². The summed E-state index contributed by atoms with van der Waals surface area (Å²) in [5.41, 5.74) is 2.66. The average Bonchev–Trinajstić information content (AvgIpc) is 2.34. The third-order valence-corrected chi connectivity index (χ3v) is 5.50. The van der Waals surface area contributed by atoms with Crippen LogP contribution in [0.4, 0.5) is 0 Å². The lowest BCUT2D eigenvalue weighted by Crippen LogP contribution is -2.02. The highest BCUT2D eigenvalue weighted by molar-refractivity contribution is 7.60. The minimum absolute atomic E-state index is 0.0990. The zero-order valence-electron chi connectivity index (χ0n) is 14.8. The van der Waals surface area contributed by atoms with Crippen LogP contribution in [0.2, 0.25) is 0 Å². The predicted molar refractivity (Wildman–Crippen MR) is 94.3 cm³/mol. The van der Waals surface area contributed by atoms with Crippen LogP contribution in [0.3, 0.4) is 0 Å². The molecule has 9 heteroatoms. The maximum absolute atomic E-state index is 11.3. The van der Waals surface area contributed by atoms with E-state index in [1.54, 1.807) is 0 Å². The third-order valence-electron chi connectivity index (χ3n) is 3.32. The van der Waals surface area contributed by atoms with Gasteiger partial charge in [-0.05, 0) is 58.8 Å². The molecule has 3 N–H and O–H groups in total. The van der Waals surface area contributed by atoms with Gasteiger partial charge in [0.1, 0.15) is 0 Å². The number of rotatable bonds is 12. The van der Waals surface area contributed by atoms with E-state index in [0.717, 1.165) is 25.7 Å². The summed E-state index contributed by atoms with van der Waals surface area (Å²) in [7, 11) is -9.76. The van der Waals surface area contributed by atoms with Crippen molar-refractivity contribution in [1.82, 2.24) is 0 Å². The van der Waals surface area contributed by atoms with Crippen molar-refractivity contribution in [3.05, 3.63) is 23.3 Å². The van der Waals surface area contributed by atoms with Gasteiger partial charge in [0.25, 0.3) is 0 Å². The third kappa shape index (κ3) is 15.3. The van der Waals surface area contributed by atoms with E-state index in [1.165, 1.54) is 11.1 Å². The van der Waals surface area contributed by atoms with Gasteiger partial charge >= 0.3 is 15.6 Å². The van der Waals surface area contributed by atoms with E-state index in [2.05, 4.69) is 41.8 Å². The number of hydrogen-bond acceptors (Lipinski definition) is 4. The van der Waals surface area contributed by atoms with Crippen molar-refractivity contribution in [1.29, 1.82) is 0 Å². The molecule has 0 heterocycles. The van der Waals surface area contributed by atoms with Crippen molar-refractivity contribution >= 4 is 15.6 Å². The number of hydrogen-bond donors (Lipinski definition) is 3. The second-order valence-electron chi connectivity index (χ2n) is 6.22. The molecule has 24 heavy (non-hydrogen) atoms.